The molecule has 2 aliphatic carbocycles. The first-order valence-corrected chi connectivity index (χ1v) is 41.1. The summed E-state index contributed by atoms with van der Waals surface area (Å²) >= 11 is 0. The number of benzene rings is 18. The van der Waals surface area contributed by atoms with Crippen molar-refractivity contribution in [2.75, 3.05) is 0 Å². The lowest BCUT2D eigenvalue weighted by atomic mass is 9.67. The molecule has 6 heteroatoms. The van der Waals surface area contributed by atoms with Gasteiger partial charge in [-0.15, -0.1) is 0 Å². The molecule has 0 aliphatic heterocycles. The zero-order valence-electron chi connectivity index (χ0n) is 65.9. The number of nitriles is 1. The van der Waals surface area contributed by atoms with Crippen LogP contribution in [0.5, 0.6) is 0 Å². The van der Waals surface area contributed by atoms with Gasteiger partial charge in [0.2, 0.25) is 0 Å². The van der Waals surface area contributed by atoms with Crippen molar-refractivity contribution in [1.29, 1.82) is 5.26 Å². The van der Waals surface area contributed by atoms with Crippen molar-refractivity contribution in [3.8, 4) is 95.6 Å². The average molecular weight is 1530 g/mol. The lowest BCUT2D eigenvalue weighted by Gasteiger charge is -2.35. The molecule has 0 fully saturated rings. The Morgan fingerprint density at radius 1 is 0.258 bits per heavy atom. The highest BCUT2D eigenvalue weighted by atomic mass is 15.0. The Kier molecular flexibility index (Phi) is 15.9. The molecule has 18 aromatic carbocycles. The first kappa shape index (κ1) is 69.6. The molecule has 0 saturated heterocycles. The van der Waals surface area contributed by atoms with Crippen LogP contribution in [0.3, 0.4) is 0 Å². The second kappa shape index (κ2) is 27.4. The number of nitrogens with zero attached hydrogens (tertiary/aromatic N) is 6. The summed E-state index contributed by atoms with van der Waals surface area (Å²) in [4.78, 5) is 3.57. The van der Waals surface area contributed by atoms with Gasteiger partial charge in [-0.05, 0) is 222 Å². The molecule has 22 aromatic rings. The van der Waals surface area contributed by atoms with Crippen molar-refractivity contribution in [3.05, 3.63) is 463 Å². The van der Waals surface area contributed by atoms with Gasteiger partial charge in [-0.2, -0.15) is 5.26 Å². The molecular weight excluding hydrogens is 1450 g/mol. The summed E-state index contributed by atoms with van der Waals surface area (Å²) in [6.07, 6.45) is 0. The standard InChI is InChI=1S/C62H39N3.C52H35N3/c63-40-41-16-13-17-42(36-41)43-18-14-23-48(37-43)64-56-29-11-8-25-50(56)53-38-44(32-34-58(53)64)45-33-35-59-54(39-45)51-26-9-12-30-57(51)65(59)60-31-15-27-52-49-24-7-10-28-55(49)62(61(52)60,46-19-3-1-4-20-46)47-21-5-2-6-22-47;1-52(2)46-16-7-4-13-40(46)43-32-39(25-26-47(43)52)55-49-18-9-6-15-42(49)45-31-36(22-28-51(45)55)35-21-27-50-44(30-35)41-14-5-8-17-48(41)54(50)38-12-10-11-34(29-38)33-19-23-37(53-3)24-20-33/h1-39H;4-32H,1-2H3. The second-order valence-corrected chi connectivity index (χ2v) is 32.4. The third-order valence-electron chi connectivity index (χ3n) is 25.7. The van der Waals surface area contributed by atoms with Gasteiger partial charge in [0.15, 0.2) is 5.69 Å². The van der Waals surface area contributed by atoms with Crippen LogP contribution < -0.4 is 0 Å². The van der Waals surface area contributed by atoms with Crippen molar-refractivity contribution in [2.24, 2.45) is 0 Å². The lowest BCUT2D eigenvalue weighted by Crippen LogP contribution is -2.29. The first-order valence-electron chi connectivity index (χ1n) is 41.1. The highest BCUT2D eigenvalue weighted by molar-refractivity contribution is 6.15. The minimum absolute atomic E-state index is 0.0232. The van der Waals surface area contributed by atoms with Crippen LogP contribution >= 0.6 is 0 Å². The molecule has 0 saturated carbocycles. The van der Waals surface area contributed by atoms with Gasteiger partial charge in [0, 0.05) is 71.1 Å². The molecule has 0 bridgehead atoms. The maximum Gasteiger partial charge on any atom is 0.187 e. The van der Waals surface area contributed by atoms with Gasteiger partial charge >= 0.3 is 0 Å². The molecule has 0 N–H and O–H groups in total. The van der Waals surface area contributed by atoms with Gasteiger partial charge in [0.05, 0.1) is 73.4 Å². The van der Waals surface area contributed by atoms with Crippen LogP contribution in [0.15, 0.2) is 413 Å². The third kappa shape index (κ3) is 10.7. The quantitative estimate of drug-likeness (QED) is 0.126. The van der Waals surface area contributed by atoms with Crippen molar-refractivity contribution in [3.63, 3.8) is 0 Å². The summed E-state index contributed by atoms with van der Waals surface area (Å²) in [6, 6.07) is 152. The molecule has 0 spiro atoms. The molecule has 2 aliphatic rings. The van der Waals surface area contributed by atoms with Gasteiger partial charge in [-0.3, -0.25) is 0 Å². The number of hydrogen-bond donors (Lipinski definition) is 0. The van der Waals surface area contributed by atoms with Gasteiger partial charge in [0.1, 0.15) is 0 Å². The lowest BCUT2D eigenvalue weighted by molar-refractivity contribution is 0.660. The Morgan fingerprint density at radius 2 is 0.617 bits per heavy atom. The number of rotatable bonds is 10. The van der Waals surface area contributed by atoms with Gasteiger partial charge in [-0.1, -0.05) is 299 Å². The molecule has 4 heterocycles. The molecular formula is C114H74N6. The summed E-state index contributed by atoms with van der Waals surface area (Å²) in [6.45, 7) is 12.0. The predicted octanol–water partition coefficient (Wildman–Crippen LogP) is 29.5. The van der Waals surface area contributed by atoms with Crippen molar-refractivity contribution < 1.29 is 0 Å². The SMILES string of the molecule is N#Cc1cccc(-c2cccc(-n3c4ccccc4c4cc(-c5ccc6c(c5)c5ccccc5n6-c5cccc6c5C(c5ccccc5)(c5ccccc5)c5ccccc5-6)ccc43)c2)c1.[C-]#[N+]c1ccc(-c2cccc(-n3c4ccccc4c4cc(-c5ccc6c(c5)c5ccccc5n6-c5ccc6c(c5)-c5ccccc5C6(C)C)ccc43)c2)cc1. The maximum absolute atomic E-state index is 9.60. The van der Waals surface area contributed by atoms with Crippen LogP contribution in [0.1, 0.15) is 52.8 Å². The third-order valence-corrected chi connectivity index (χ3v) is 25.7. The normalized spacial score (nSPS) is 12.9. The molecule has 0 radical (unpaired) electrons. The summed E-state index contributed by atoms with van der Waals surface area (Å²) in [5.41, 5.74) is 36.9. The van der Waals surface area contributed by atoms with Crippen molar-refractivity contribution in [1.82, 2.24) is 18.3 Å². The van der Waals surface area contributed by atoms with Gasteiger partial charge < -0.3 is 18.3 Å². The van der Waals surface area contributed by atoms with Crippen molar-refractivity contribution >= 4 is 92.9 Å². The van der Waals surface area contributed by atoms with E-state index in [0.717, 1.165) is 44.7 Å². The molecule has 560 valence electrons. The van der Waals surface area contributed by atoms with E-state index in [1.54, 1.807) is 0 Å². The smallest absolute Gasteiger partial charge is 0.187 e. The molecule has 24 rings (SSSR count). The highest BCUT2D eigenvalue weighted by Crippen LogP contribution is 2.59. The summed E-state index contributed by atoms with van der Waals surface area (Å²) in [5, 5.41) is 19.4. The summed E-state index contributed by atoms with van der Waals surface area (Å²) in [7, 11) is 0. The van der Waals surface area contributed by atoms with E-state index in [0.29, 0.717) is 11.3 Å². The number of para-hydroxylation sites is 4. The van der Waals surface area contributed by atoms with Crippen LogP contribution in [0, 0.1) is 17.9 Å². The fourth-order valence-corrected chi connectivity index (χ4v) is 20.4. The molecule has 4 aromatic heterocycles. The van der Waals surface area contributed by atoms with Crippen LogP contribution in [0.2, 0.25) is 0 Å². The predicted molar refractivity (Wildman–Crippen MR) is 498 cm³/mol. The van der Waals surface area contributed by atoms with E-state index < -0.39 is 5.41 Å². The summed E-state index contributed by atoms with van der Waals surface area (Å²) in [5.74, 6) is 0. The number of aromatic nitrogens is 4. The van der Waals surface area contributed by atoms with E-state index in [-0.39, 0.29) is 5.41 Å². The van der Waals surface area contributed by atoms with Crippen LogP contribution in [-0.2, 0) is 10.8 Å². The second-order valence-electron chi connectivity index (χ2n) is 32.4. The van der Waals surface area contributed by atoms with E-state index in [1.807, 2.05) is 42.5 Å². The minimum Gasteiger partial charge on any atom is -0.309 e. The Morgan fingerprint density at radius 3 is 1.11 bits per heavy atom. The van der Waals surface area contributed by atoms with E-state index in [4.69, 9.17) is 6.57 Å². The van der Waals surface area contributed by atoms with Gasteiger partial charge in [0.25, 0.3) is 0 Å². The Hall–Kier alpha value is -15.9. The van der Waals surface area contributed by atoms with E-state index >= 15 is 0 Å². The Labute approximate surface area is 694 Å². The van der Waals surface area contributed by atoms with Gasteiger partial charge in [-0.25, -0.2) is 4.85 Å². The molecule has 0 amide bonds. The van der Waals surface area contributed by atoms with Crippen LogP contribution in [0.25, 0.3) is 182 Å². The minimum atomic E-state index is -0.541. The molecule has 0 atom stereocenters. The fraction of sp³-hybridized carbons (Fsp3) is 0.0351. The Bertz CT molecular complexity index is 8050. The zero-order chi connectivity index (χ0) is 79.9. The highest BCUT2D eigenvalue weighted by Gasteiger charge is 2.48. The largest absolute Gasteiger partial charge is 0.309 e. The Balaban J connectivity index is 0.000000142. The molecule has 6 nitrogen and oxygen atoms in total. The summed E-state index contributed by atoms with van der Waals surface area (Å²) < 4.78 is 9.69. The zero-order valence-corrected chi connectivity index (χ0v) is 65.9. The van der Waals surface area contributed by atoms with Crippen LogP contribution in [-0.4, -0.2) is 18.3 Å². The molecule has 120 heavy (non-hydrogen) atoms. The molecule has 0 unspecified atom stereocenters. The van der Waals surface area contributed by atoms with E-state index in [9.17, 15) is 5.26 Å². The monoisotopic (exact) mass is 1530 g/mol. The number of hydrogen-bond acceptors (Lipinski definition) is 1. The number of fused-ring (bicyclic) bond motifs is 18. The van der Waals surface area contributed by atoms with Crippen LogP contribution in [0.4, 0.5) is 5.69 Å². The van der Waals surface area contributed by atoms with Crippen molar-refractivity contribution in [2.45, 2.75) is 24.7 Å². The fourth-order valence-electron chi connectivity index (χ4n) is 20.4. The maximum atomic E-state index is 9.60. The average Bonchev–Trinajstić information content (AvgIpc) is 1.52. The topological polar surface area (TPSA) is 47.9 Å². The van der Waals surface area contributed by atoms with E-state index in [2.05, 4.69) is 413 Å². The van der Waals surface area contributed by atoms with E-state index in [1.165, 1.54) is 165 Å². The first-order chi connectivity index (χ1) is 59.2.